The Kier molecular flexibility index (Phi) is 3.64. The number of hydrogen-bond donors (Lipinski definition) is 0. The number of piperidine rings is 1. The number of likely N-dealkylation sites (tertiary alicyclic amines) is 1. The predicted molar refractivity (Wildman–Crippen MR) is 71.4 cm³/mol. The molecule has 0 bridgehead atoms. The van der Waals surface area contributed by atoms with E-state index in [0.717, 1.165) is 6.04 Å². The van der Waals surface area contributed by atoms with Gasteiger partial charge in [-0.1, -0.05) is 19.3 Å². The number of aryl methyl sites for hydroxylation is 1. The van der Waals surface area contributed by atoms with E-state index in [1.165, 1.54) is 63.9 Å². The van der Waals surface area contributed by atoms with Crippen molar-refractivity contribution in [3.63, 3.8) is 0 Å². The molecule has 0 atom stereocenters. The molecule has 100 valence electrons. The van der Waals surface area contributed by atoms with E-state index < -0.39 is 0 Å². The van der Waals surface area contributed by atoms with Crippen LogP contribution in [0.4, 0.5) is 0 Å². The fourth-order valence-electron chi connectivity index (χ4n) is 3.63. The van der Waals surface area contributed by atoms with Crippen LogP contribution in [0.3, 0.4) is 0 Å². The highest BCUT2D eigenvalue weighted by molar-refractivity contribution is 4.98. The summed E-state index contributed by atoms with van der Waals surface area (Å²) in [6, 6.07) is 0.874. The van der Waals surface area contributed by atoms with Crippen molar-refractivity contribution in [1.29, 1.82) is 0 Å². The van der Waals surface area contributed by atoms with Gasteiger partial charge in [-0.25, -0.2) is 0 Å². The van der Waals surface area contributed by atoms with Crippen molar-refractivity contribution in [2.45, 2.75) is 56.9 Å². The van der Waals surface area contributed by atoms with Gasteiger partial charge < -0.3 is 9.47 Å². The zero-order valence-corrected chi connectivity index (χ0v) is 11.4. The quantitative estimate of drug-likeness (QED) is 0.805. The van der Waals surface area contributed by atoms with Crippen LogP contribution in [0.2, 0.25) is 0 Å². The summed E-state index contributed by atoms with van der Waals surface area (Å²) < 4.78 is 2.08. The Bertz CT molecular complexity index is 373. The highest BCUT2D eigenvalue weighted by atomic mass is 15.3. The van der Waals surface area contributed by atoms with Gasteiger partial charge in [0.25, 0.3) is 0 Å². The second-order valence-corrected chi connectivity index (χ2v) is 5.90. The minimum absolute atomic E-state index is 0.623. The maximum absolute atomic E-state index is 4.27. The second-order valence-electron chi connectivity index (χ2n) is 5.90. The molecule has 0 amide bonds. The first-order chi connectivity index (χ1) is 8.84. The van der Waals surface area contributed by atoms with Crippen LogP contribution in [-0.2, 0) is 7.05 Å². The Hall–Kier alpha value is -0.900. The summed E-state index contributed by atoms with van der Waals surface area (Å²) in [5, 5.41) is 8.28. The largest absolute Gasteiger partial charge is 0.320 e. The van der Waals surface area contributed by atoms with Crippen LogP contribution >= 0.6 is 0 Å². The Morgan fingerprint density at radius 2 is 1.78 bits per heavy atom. The summed E-state index contributed by atoms with van der Waals surface area (Å²) in [5.41, 5.74) is 0. The number of nitrogens with zero attached hydrogens (tertiary/aromatic N) is 4. The molecule has 4 nitrogen and oxygen atoms in total. The third-order valence-electron chi connectivity index (χ3n) is 4.73. The lowest BCUT2D eigenvalue weighted by Gasteiger charge is -2.39. The van der Waals surface area contributed by atoms with Crippen molar-refractivity contribution in [2.24, 2.45) is 7.05 Å². The van der Waals surface area contributed by atoms with Gasteiger partial charge in [0.05, 0.1) is 0 Å². The van der Waals surface area contributed by atoms with Gasteiger partial charge in [-0.2, -0.15) is 0 Å². The van der Waals surface area contributed by atoms with Crippen molar-refractivity contribution in [1.82, 2.24) is 19.7 Å². The molecular weight excluding hydrogens is 224 g/mol. The van der Waals surface area contributed by atoms with E-state index in [9.17, 15) is 0 Å². The molecule has 1 aromatic rings. The summed E-state index contributed by atoms with van der Waals surface area (Å²) in [6.07, 6.45) is 11.5. The summed E-state index contributed by atoms with van der Waals surface area (Å²) >= 11 is 0. The lowest BCUT2D eigenvalue weighted by atomic mass is 9.90. The van der Waals surface area contributed by atoms with Gasteiger partial charge in [0.2, 0.25) is 0 Å². The van der Waals surface area contributed by atoms with E-state index in [1.54, 1.807) is 0 Å². The molecular formula is C14H24N4. The van der Waals surface area contributed by atoms with Crippen LogP contribution in [0.25, 0.3) is 0 Å². The first kappa shape index (κ1) is 12.2. The Morgan fingerprint density at radius 1 is 1.06 bits per heavy atom. The molecule has 4 heteroatoms. The maximum atomic E-state index is 4.27. The minimum Gasteiger partial charge on any atom is -0.320 e. The summed E-state index contributed by atoms with van der Waals surface area (Å²) in [6.45, 7) is 2.50. The first-order valence-electron chi connectivity index (χ1n) is 7.42. The molecule has 18 heavy (non-hydrogen) atoms. The van der Waals surface area contributed by atoms with Gasteiger partial charge in [0.15, 0.2) is 0 Å². The molecule has 1 aromatic heterocycles. The Labute approximate surface area is 109 Å². The molecule has 2 aliphatic rings. The summed E-state index contributed by atoms with van der Waals surface area (Å²) in [7, 11) is 2.06. The van der Waals surface area contributed by atoms with Crippen molar-refractivity contribution < 1.29 is 0 Å². The van der Waals surface area contributed by atoms with Gasteiger partial charge in [0, 0.05) is 19.0 Å². The molecule has 0 spiro atoms. The molecule has 3 rings (SSSR count). The highest BCUT2D eigenvalue weighted by Crippen LogP contribution is 2.30. The zero-order valence-electron chi connectivity index (χ0n) is 11.4. The van der Waals surface area contributed by atoms with Crippen molar-refractivity contribution >= 4 is 0 Å². The first-order valence-corrected chi connectivity index (χ1v) is 7.42. The number of hydrogen-bond acceptors (Lipinski definition) is 3. The van der Waals surface area contributed by atoms with Gasteiger partial charge in [-0.15, -0.1) is 10.2 Å². The normalized spacial score (nSPS) is 24.5. The number of rotatable bonds is 2. The van der Waals surface area contributed by atoms with Crippen molar-refractivity contribution in [3.05, 3.63) is 12.2 Å². The lowest BCUT2D eigenvalue weighted by Crippen LogP contribution is -2.42. The standard InChI is InChI=1S/C14H24N4/c1-17-11-15-16-14(17)12-7-9-18(10-8-12)13-5-3-2-4-6-13/h11-13H,2-10H2,1H3. The van der Waals surface area contributed by atoms with Crippen LogP contribution in [0, 0.1) is 0 Å². The second kappa shape index (κ2) is 5.39. The molecule has 1 saturated heterocycles. The van der Waals surface area contributed by atoms with E-state index in [1.807, 2.05) is 6.33 Å². The van der Waals surface area contributed by atoms with Crippen LogP contribution < -0.4 is 0 Å². The van der Waals surface area contributed by atoms with Gasteiger partial charge >= 0.3 is 0 Å². The molecule has 0 aromatic carbocycles. The van der Waals surface area contributed by atoms with Gasteiger partial charge in [-0.3, -0.25) is 0 Å². The lowest BCUT2D eigenvalue weighted by molar-refractivity contribution is 0.120. The van der Waals surface area contributed by atoms with Crippen LogP contribution in [0.5, 0.6) is 0 Å². The van der Waals surface area contributed by atoms with Gasteiger partial charge in [0.1, 0.15) is 12.2 Å². The monoisotopic (exact) mass is 248 g/mol. The maximum Gasteiger partial charge on any atom is 0.135 e. The molecule has 0 unspecified atom stereocenters. The highest BCUT2D eigenvalue weighted by Gasteiger charge is 2.28. The van der Waals surface area contributed by atoms with Crippen LogP contribution in [0.15, 0.2) is 6.33 Å². The van der Waals surface area contributed by atoms with Crippen LogP contribution in [0.1, 0.15) is 56.7 Å². The topological polar surface area (TPSA) is 34.0 Å². The molecule has 2 heterocycles. The fraction of sp³-hybridized carbons (Fsp3) is 0.857. The molecule has 2 fully saturated rings. The average Bonchev–Trinajstić information content (AvgIpc) is 2.86. The number of aromatic nitrogens is 3. The molecule has 1 aliphatic carbocycles. The summed E-state index contributed by atoms with van der Waals surface area (Å²) in [4.78, 5) is 2.73. The SMILES string of the molecule is Cn1cnnc1C1CCN(C2CCCCC2)CC1. The minimum atomic E-state index is 0.623. The fourth-order valence-corrected chi connectivity index (χ4v) is 3.63. The van der Waals surface area contributed by atoms with Crippen molar-refractivity contribution in [2.75, 3.05) is 13.1 Å². The van der Waals surface area contributed by atoms with E-state index >= 15 is 0 Å². The van der Waals surface area contributed by atoms with Crippen LogP contribution in [-0.4, -0.2) is 38.8 Å². The van der Waals surface area contributed by atoms with Gasteiger partial charge in [-0.05, 0) is 38.8 Å². The van der Waals surface area contributed by atoms with E-state index in [2.05, 4.69) is 26.7 Å². The average molecular weight is 248 g/mol. The smallest absolute Gasteiger partial charge is 0.135 e. The molecule has 1 saturated carbocycles. The summed E-state index contributed by atoms with van der Waals surface area (Å²) in [5.74, 6) is 1.80. The Balaban J connectivity index is 1.56. The van der Waals surface area contributed by atoms with E-state index in [-0.39, 0.29) is 0 Å². The predicted octanol–water partition coefficient (Wildman–Crippen LogP) is 2.33. The molecule has 1 aliphatic heterocycles. The van der Waals surface area contributed by atoms with Crippen molar-refractivity contribution in [3.8, 4) is 0 Å². The molecule has 0 radical (unpaired) electrons. The third kappa shape index (κ3) is 2.44. The van der Waals surface area contributed by atoms with E-state index in [4.69, 9.17) is 0 Å². The molecule has 0 N–H and O–H groups in total. The Morgan fingerprint density at radius 3 is 2.39 bits per heavy atom. The zero-order chi connectivity index (χ0) is 12.4. The third-order valence-corrected chi connectivity index (χ3v) is 4.73. The van der Waals surface area contributed by atoms with E-state index in [0.29, 0.717) is 5.92 Å².